The lowest BCUT2D eigenvalue weighted by atomic mass is 10.2. The predicted molar refractivity (Wildman–Crippen MR) is 87.8 cm³/mol. The van der Waals surface area contributed by atoms with Gasteiger partial charge in [-0.25, -0.2) is 0 Å². The summed E-state index contributed by atoms with van der Waals surface area (Å²) in [5.74, 6) is -0.0328. The van der Waals surface area contributed by atoms with Gasteiger partial charge in [-0.1, -0.05) is 6.07 Å². The predicted octanol–water partition coefficient (Wildman–Crippen LogP) is 4.11. The molecule has 0 aliphatic heterocycles. The van der Waals surface area contributed by atoms with Crippen molar-refractivity contribution in [3.05, 3.63) is 63.4 Å². The molecule has 1 N–H and O–H groups in total. The number of nitrogens with zero attached hydrogens (tertiary/aromatic N) is 1. The highest BCUT2D eigenvalue weighted by molar-refractivity contribution is 7.13. The van der Waals surface area contributed by atoms with Crippen molar-refractivity contribution >= 4 is 28.6 Å². The second-order valence-electron chi connectivity index (χ2n) is 4.73. The molecule has 0 unspecified atom stereocenters. The maximum atomic E-state index is 12.0. The van der Waals surface area contributed by atoms with Crippen LogP contribution in [0.15, 0.2) is 47.4 Å². The number of carbonyl (C=O) groups excluding carboxylic acids is 1. The third kappa shape index (κ3) is 3.37. The molecule has 106 valence electrons. The zero-order valence-corrected chi connectivity index (χ0v) is 13.1. The van der Waals surface area contributed by atoms with Crippen molar-refractivity contribution < 1.29 is 4.79 Å². The van der Waals surface area contributed by atoms with Gasteiger partial charge in [0, 0.05) is 29.4 Å². The number of nitrogens with one attached hydrogen (secondary N) is 1. The van der Waals surface area contributed by atoms with Crippen LogP contribution in [0.25, 0.3) is 10.4 Å². The Morgan fingerprint density at radius 2 is 2.19 bits per heavy atom. The van der Waals surface area contributed by atoms with Gasteiger partial charge in [-0.05, 0) is 47.0 Å². The van der Waals surface area contributed by atoms with Crippen molar-refractivity contribution in [2.75, 3.05) is 0 Å². The summed E-state index contributed by atoms with van der Waals surface area (Å²) in [6.45, 7) is 2.48. The summed E-state index contributed by atoms with van der Waals surface area (Å²) in [6.07, 6.45) is 3.64. The molecule has 0 fully saturated rings. The highest BCUT2D eigenvalue weighted by Gasteiger charge is 2.08. The lowest BCUT2D eigenvalue weighted by Gasteiger charge is -2.05. The van der Waals surface area contributed by atoms with Gasteiger partial charge in [0.05, 0.1) is 4.88 Å². The first-order chi connectivity index (χ1) is 10.2. The van der Waals surface area contributed by atoms with Crippen LogP contribution in [0.1, 0.15) is 20.8 Å². The van der Waals surface area contributed by atoms with Crippen LogP contribution in [0.4, 0.5) is 0 Å². The van der Waals surface area contributed by atoms with Crippen LogP contribution in [0.3, 0.4) is 0 Å². The Balaban J connectivity index is 1.68. The molecule has 0 saturated carbocycles. The van der Waals surface area contributed by atoms with Gasteiger partial charge >= 0.3 is 0 Å². The van der Waals surface area contributed by atoms with Crippen LogP contribution in [0, 0.1) is 6.92 Å². The summed E-state index contributed by atoms with van der Waals surface area (Å²) in [4.78, 5) is 18.2. The number of aryl methyl sites for hydroxylation is 1. The average Bonchev–Trinajstić information content (AvgIpc) is 3.16. The van der Waals surface area contributed by atoms with Crippen LogP contribution >= 0.6 is 22.7 Å². The molecule has 3 aromatic heterocycles. The SMILES string of the molecule is Cc1csc(C(=O)NCc2cncc(-c3cccs3)c2)c1. The molecule has 0 saturated heterocycles. The molecule has 0 aliphatic carbocycles. The Bertz CT molecular complexity index is 747. The van der Waals surface area contributed by atoms with Crippen molar-refractivity contribution in [1.29, 1.82) is 0 Å². The number of hydrogen-bond donors (Lipinski definition) is 1. The molecule has 0 bridgehead atoms. The van der Waals surface area contributed by atoms with Gasteiger partial charge < -0.3 is 5.32 Å². The largest absolute Gasteiger partial charge is 0.347 e. The van der Waals surface area contributed by atoms with E-state index in [1.54, 1.807) is 17.5 Å². The Hall–Kier alpha value is -1.98. The highest BCUT2D eigenvalue weighted by Crippen LogP contribution is 2.24. The van der Waals surface area contributed by atoms with Gasteiger partial charge in [0.25, 0.3) is 5.91 Å². The minimum absolute atomic E-state index is 0.0328. The maximum absolute atomic E-state index is 12.0. The minimum Gasteiger partial charge on any atom is -0.347 e. The summed E-state index contributed by atoms with van der Waals surface area (Å²) < 4.78 is 0. The molecular formula is C16H14N2OS2. The normalized spacial score (nSPS) is 10.5. The quantitative estimate of drug-likeness (QED) is 0.787. The molecule has 21 heavy (non-hydrogen) atoms. The van der Waals surface area contributed by atoms with E-state index in [4.69, 9.17) is 0 Å². The summed E-state index contributed by atoms with van der Waals surface area (Å²) >= 11 is 3.15. The maximum Gasteiger partial charge on any atom is 0.261 e. The lowest BCUT2D eigenvalue weighted by molar-refractivity contribution is 0.0955. The van der Waals surface area contributed by atoms with E-state index in [0.29, 0.717) is 6.54 Å². The number of thiophene rings is 2. The fourth-order valence-electron chi connectivity index (χ4n) is 1.98. The third-order valence-electron chi connectivity index (χ3n) is 3.01. The van der Waals surface area contributed by atoms with Crippen LogP contribution in [0.5, 0.6) is 0 Å². The number of amides is 1. The summed E-state index contributed by atoms with van der Waals surface area (Å²) in [5, 5.41) is 6.96. The van der Waals surface area contributed by atoms with Crippen molar-refractivity contribution in [2.45, 2.75) is 13.5 Å². The van der Waals surface area contributed by atoms with Gasteiger partial charge in [-0.3, -0.25) is 9.78 Å². The topological polar surface area (TPSA) is 42.0 Å². The molecule has 3 aromatic rings. The molecule has 3 nitrogen and oxygen atoms in total. The number of hydrogen-bond acceptors (Lipinski definition) is 4. The molecule has 3 rings (SSSR count). The monoisotopic (exact) mass is 314 g/mol. The molecular weight excluding hydrogens is 300 g/mol. The summed E-state index contributed by atoms with van der Waals surface area (Å²) in [7, 11) is 0. The molecule has 0 aliphatic rings. The van der Waals surface area contributed by atoms with E-state index >= 15 is 0 Å². The number of aromatic nitrogens is 1. The number of rotatable bonds is 4. The second kappa shape index (κ2) is 6.20. The van der Waals surface area contributed by atoms with Gasteiger partial charge in [0.2, 0.25) is 0 Å². The van der Waals surface area contributed by atoms with E-state index in [9.17, 15) is 4.79 Å². The van der Waals surface area contributed by atoms with Crippen molar-refractivity contribution in [3.8, 4) is 10.4 Å². The van der Waals surface area contributed by atoms with Crippen LogP contribution in [0.2, 0.25) is 0 Å². The molecule has 1 amide bonds. The molecule has 3 heterocycles. The Morgan fingerprint density at radius 3 is 2.90 bits per heavy atom. The zero-order valence-electron chi connectivity index (χ0n) is 11.5. The number of pyridine rings is 1. The van der Waals surface area contributed by atoms with E-state index < -0.39 is 0 Å². The fraction of sp³-hybridized carbons (Fsp3) is 0.125. The first-order valence-corrected chi connectivity index (χ1v) is 8.29. The van der Waals surface area contributed by atoms with Crippen molar-refractivity contribution in [3.63, 3.8) is 0 Å². The third-order valence-corrected chi connectivity index (χ3v) is 4.97. The lowest BCUT2D eigenvalue weighted by Crippen LogP contribution is -2.21. The first kappa shape index (κ1) is 14.0. The van der Waals surface area contributed by atoms with Gasteiger partial charge in [-0.15, -0.1) is 22.7 Å². The molecule has 5 heteroatoms. The van der Waals surface area contributed by atoms with Gasteiger partial charge in [0.1, 0.15) is 0 Å². The molecule has 0 spiro atoms. The van der Waals surface area contributed by atoms with E-state index in [1.807, 2.05) is 36.0 Å². The standard InChI is InChI=1S/C16H14N2OS2/c1-11-5-15(21-10-11)16(19)18-8-12-6-13(9-17-7-12)14-3-2-4-20-14/h2-7,9-10H,8H2,1H3,(H,18,19). The van der Waals surface area contributed by atoms with E-state index in [-0.39, 0.29) is 5.91 Å². The molecule has 0 radical (unpaired) electrons. The highest BCUT2D eigenvalue weighted by atomic mass is 32.1. The van der Waals surface area contributed by atoms with Gasteiger partial charge in [0.15, 0.2) is 0 Å². The van der Waals surface area contributed by atoms with E-state index in [1.165, 1.54) is 16.2 Å². The zero-order chi connectivity index (χ0) is 14.7. The van der Waals surface area contributed by atoms with Gasteiger partial charge in [-0.2, -0.15) is 0 Å². The summed E-state index contributed by atoms with van der Waals surface area (Å²) in [6, 6.07) is 8.06. The smallest absolute Gasteiger partial charge is 0.261 e. The molecule has 0 atom stereocenters. The molecule has 0 aromatic carbocycles. The second-order valence-corrected chi connectivity index (χ2v) is 6.59. The van der Waals surface area contributed by atoms with E-state index in [2.05, 4.69) is 22.4 Å². The van der Waals surface area contributed by atoms with Crippen molar-refractivity contribution in [2.24, 2.45) is 0 Å². The Labute approximate surface area is 131 Å². The first-order valence-electron chi connectivity index (χ1n) is 6.53. The average molecular weight is 314 g/mol. The van der Waals surface area contributed by atoms with Crippen LogP contribution in [-0.4, -0.2) is 10.9 Å². The minimum atomic E-state index is -0.0328. The Kier molecular flexibility index (Phi) is 4.13. The van der Waals surface area contributed by atoms with Crippen LogP contribution < -0.4 is 5.32 Å². The fourth-order valence-corrected chi connectivity index (χ4v) is 3.50. The summed E-state index contributed by atoms with van der Waals surface area (Å²) in [5.41, 5.74) is 3.21. The number of carbonyl (C=O) groups is 1. The van der Waals surface area contributed by atoms with E-state index in [0.717, 1.165) is 21.6 Å². The Morgan fingerprint density at radius 1 is 1.29 bits per heavy atom. The van der Waals surface area contributed by atoms with Crippen LogP contribution in [-0.2, 0) is 6.54 Å². The van der Waals surface area contributed by atoms with Crippen molar-refractivity contribution in [1.82, 2.24) is 10.3 Å².